The van der Waals surface area contributed by atoms with E-state index in [1.165, 1.54) is 23.1 Å². The first-order chi connectivity index (χ1) is 10.5. The third kappa shape index (κ3) is 3.03. The highest BCUT2D eigenvalue weighted by molar-refractivity contribution is 6.22. The number of carboxylic acid groups (broad SMARTS) is 1. The van der Waals surface area contributed by atoms with E-state index in [1.54, 1.807) is 0 Å². The largest absolute Gasteiger partial charge is 0.478 e. The normalized spacial score (nSPS) is 15.1. The van der Waals surface area contributed by atoms with Crippen LogP contribution in [0.15, 0.2) is 18.2 Å². The maximum atomic E-state index is 12.4. The molecule has 0 radical (unpaired) electrons. The number of fused-ring (bicyclic) bond motifs is 1. The first-order valence-corrected chi connectivity index (χ1v) is 7.72. The molecule has 1 heterocycles. The Bertz CT molecular complexity index is 609. The Kier molecular flexibility index (Phi) is 4.96. The average Bonchev–Trinajstić information content (AvgIpc) is 2.75. The van der Waals surface area contributed by atoms with E-state index in [9.17, 15) is 14.4 Å². The van der Waals surface area contributed by atoms with Crippen LogP contribution in [0, 0.1) is 0 Å². The Balaban J connectivity index is 2.14. The summed E-state index contributed by atoms with van der Waals surface area (Å²) in [5, 5.41) is 9.00. The van der Waals surface area contributed by atoms with Crippen molar-refractivity contribution >= 4 is 17.8 Å². The van der Waals surface area contributed by atoms with Gasteiger partial charge in [-0.05, 0) is 31.5 Å². The van der Waals surface area contributed by atoms with Gasteiger partial charge in [-0.2, -0.15) is 0 Å². The molecule has 1 aromatic carbocycles. The molecule has 5 heteroatoms. The molecule has 0 saturated carbocycles. The lowest BCUT2D eigenvalue weighted by Crippen LogP contribution is -2.37. The predicted molar refractivity (Wildman–Crippen MR) is 82.1 cm³/mol. The van der Waals surface area contributed by atoms with Crippen LogP contribution in [-0.4, -0.2) is 33.8 Å². The van der Waals surface area contributed by atoms with Crippen LogP contribution in [-0.2, 0) is 0 Å². The Morgan fingerprint density at radius 3 is 2.45 bits per heavy atom. The maximum absolute atomic E-state index is 12.4. The Morgan fingerprint density at radius 2 is 1.82 bits per heavy atom. The fourth-order valence-electron chi connectivity index (χ4n) is 2.79. The summed E-state index contributed by atoms with van der Waals surface area (Å²) in [4.78, 5) is 37.1. The van der Waals surface area contributed by atoms with Gasteiger partial charge >= 0.3 is 5.97 Å². The second-order valence-electron chi connectivity index (χ2n) is 5.74. The third-order valence-corrected chi connectivity index (χ3v) is 4.08. The van der Waals surface area contributed by atoms with E-state index < -0.39 is 5.97 Å². The lowest BCUT2D eigenvalue weighted by atomic mass is 10.1. The average molecular weight is 303 g/mol. The van der Waals surface area contributed by atoms with Crippen molar-refractivity contribution in [3.8, 4) is 0 Å². The molecule has 0 fully saturated rings. The number of benzene rings is 1. The number of aromatic carboxylic acids is 1. The van der Waals surface area contributed by atoms with Gasteiger partial charge in [-0.3, -0.25) is 14.5 Å². The minimum Gasteiger partial charge on any atom is -0.478 e. The predicted octanol–water partition coefficient (Wildman–Crippen LogP) is 3.34. The molecule has 0 spiro atoms. The molecule has 1 aromatic rings. The van der Waals surface area contributed by atoms with E-state index in [-0.39, 0.29) is 29.0 Å². The highest BCUT2D eigenvalue weighted by Crippen LogP contribution is 2.27. The molecule has 0 bridgehead atoms. The van der Waals surface area contributed by atoms with Crippen LogP contribution in [0.2, 0.25) is 0 Å². The fraction of sp³-hybridized carbons (Fsp3) is 0.471. The van der Waals surface area contributed by atoms with E-state index in [2.05, 4.69) is 6.92 Å². The quantitative estimate of drug-likeness (QED) is 0.619. The van der Waals surface area contributed by atoms with E-state index in [1.807, 2.05) is 6.92 Å². The molecule has 0 saturated heterocycles. The molecular weight excluding hydrogens is 282 g/mol. The van der Waals surface area contributed by atoms with Gasteiger partial charge in [0.15, 0.2) is 0 Å². The first kappa shape index (κ1) is 16.2. The molecule has 2 amide bonds. The molecule has 0 aliphatic carbocycles. The molecule has 5 nitrogen and oxygen atoms in total. The molecular formula is C17H21NO4. The van der Waals surface area contributed by atoms with Gasteiger partial charge in [0.25, 0.3) is 11.8 Å². The van der Waals surface area contributed by atoms with Crippen LogP contribution in [0.3, 0.4) is 0 Å². The number of carbonyl (C=O) groups excluding carboxylic acids is 2. The summed E-state index contributed by atoms with van der Waals surface area (Å²) < 4.78 is 0. The number of carboxylic acids is 1. The zero-order chi connectivity index (χ0) is 16.3. The lowest BCUT2D eigenvalue weighted by Gasteiger charge is -2.22. The highest BCUT2D eigenvalue weighted by atomic mass is 16.4. The van der Waals surface area contributed by atoms with Crippen molar-refractivity contribution in [2.75, 3.05) is 0 Å². The summed E-state index contributed by atoms with van der Waals surface area (Å²) in [5.41, 5.74) is 0.526. The number of rotatable bonds is 7. The van der Waals surface area contributed by atoms with Crippen LogP contribution >= 0.6 is 0 Å². The van der Waals surface area contributed by atoms with Crippen molar-refractivity contribution in [2.24, 2.45) is 0 Å². The molecule has 1 aliphatic heterocycles. The third-order valence-electron chi connectivity index (χ3n) is 4.08. The zero-order valence-corrected chi connectivity index (χ0v) is 13.0. The SMILES string of the molecule is CCCCCCC(C)N1C(=O)c2ccc(C(=O)O)cc2C1=O. The van der Waals surface area contributed by atoms with Gasteiger partial charge in [0, 0.05) is 6.04 Å². The summed E-state index contributed by atoms with van der Waals surface area (Å²) in [5.74, 6) is -1.81. The highest BCUT2D eigenvalue weighted by Gasteiger charge is 2.38. The Morgan fingerprint density at radius 1 is 1.14 bits per heavy atom. The topological polar surface area (TPSA) is 74.7 Å². The number of nitrogens with zero attached hydrogens (tertiary/aromatic N) is 1. The van der Waals surface area contributed by atoms with E-state index >= 15 is 0 Å². The maximum Gasteiger partial charge on any atom is 0.335 e. The van der Waals surface area contributed by atoms with Crippen LogP contribution < -0.4 is 0 Å². The minimum absolute atomic E-state index is 0.0253. The van der Waals surface area contributed by atoms with Crippen molar-refractivity contribution in [3.05, 3.63) is 34.9 Å². The van der Waals surface area contributed by atoms with Gasteiger partial charge in [0.1, 0.15) is 0 Å². The van der Waals surface area contributed by atoms with Gasteiger partial charge in [-0.15, -0.1) is 0 Å². The van der Waals surface area contributed by atoms with Crippen molar-refractivity contribution in [1.82, 2.24) is 4.90 Å². The number of unbranched alkanes of at least 4 members (excludes halogenated alkanes) is 3. The van der Waals surface area contributed by atoms with Crippen molar-refractivity contribution in [2.45, 2.75) is 52.0 Å². The zero-order valence-electron chi connectivity index (χ0n) is 13.0. The van der Waals surface area contributed by atoms with E-state index in [0.29, 0.717) is 5.56 Å². The molecule has 1 N–H and O–H groups in total. The van der Waals surface area contributed by atoms with Gasteiger partial charge in [-0.1, -0.05) is 32.6 Å². The first-order valence-electron chi connectivity index (χ1n) is 7.72. The summed E-state index contributed by atoms with van der Waals surface area (Å²) in [6.07, 6.45) is 5.13. The molecule has 0 aromatic heterocycles. The molecule has 118 valence electrons. The van der Waals surface area contributed by atoms with Crippen LogP contribution in [0.5, 0.6) is 0 Å². The molecule has 22 heavy (non-hydrogen) atoms. The van der Waals surface area contributed by atoms with Gasteiger partial charge in [0.05, 0.1) is 16.7 Å². The number of hydrogen-bond acceptors (Lipinski definition) is 3. The van der Waals surface area contributed by atoms with E-state index in [0.717, 1.165) is 32.1 Å². The van der Waals surface area contributed by atoms with Crippen molar-refractivity contribution < 1.29 is 19.5 Å². The summed E-state index contributed by atoms with van der Waals surface area (Å²) in [6.45, 7) is 4.00. The van der Waals surface area contributed by atoms with Crippen LogP contribution in [0.1, 0.15) is 77.0 Å². The lowest BCUT2D eigenvalue weighted by molar-refractivity contribution is 0.0587. The van der Waals surface area contributed by atoms with Crippen molar-refractivity contribution in [3.63, 3.8) is 0 Å². The van der Waals surface area contributed by atoms with Gasteiger partial charge in [0.2, 0.25) is 0 Å². The number of hydrogen-bond donors (Lipinski definition) is 1. The Labute approximate surface area is 129 Å². The molecule has 2 rings (SSSR count). The second-order valence-corrected chi connectivity index (χ2v) is 5.74. The Hall–Kier alpha value is -2.17. The number of amides is 2. The van der Waals surface area contributed by atoms with Crippen LogP contribution in [0.4, 0.5) is 0 Å². The minimum atomic E-state index is -1.10. The summed E-state index contributed by atoms with van der Waals surface area (Å²) in [7, 11) is 0. The van der Waals surface area contributed by atoms with Gasteiger partial charge < -0.3 is 5.11 Å². The molecule has 1 unspecified atom stereocenters. The fourth-order valence-corrected chi connectivity index (χ4v) is 2.79. The molecule has 1 aliphatic rings. The summed E-state index contributed by atoms with van der Waals surface area (Å²) >= 11 is 0. The monoisotopic (exact) mass is 303 g/mol. The van der Waals surface area contributed by atoms with Crippen LogP contribution in [0.25, 0.3) is 0 Å². The molecule has 1 atom stereocenters. The number of carbonyl (C=O) groups is 3. The van der Waals surface area contributed by atoms with E-state index in [4.69, 9.17) is 5.11 Å². The second kappa shape index (κ2) is 6.73. The smallest absolute Gasteiger partial charge is 0.335 e. The number of imide groups is 1. The summed E-state index contributed by atoms with van der Waals surface area (Å²) in [6, 6.07) is 3.92. The van der Waals surface area contributed by atoms with Gasteiger partial charge in [-0.25, -0.2) is 4.79 Å². The van der Waals surface area contributed by atoms with Crippen molar-refractivity contribution in [1.29, 1.82) is 0 Å². The standard InChI is InChI=1S/C17H21NO4/c1-3-4-5-6-7-11(2)18-15(19)13-9-8-12(17(21)22)10-14(13)16(18)20/h8-11H,3-7H2,1-2H3,(H,21,22).